The molecule has 2 saturated heterocycles. The van der Waals surface area contributed by atoms with E-state index in [0.717, 1.165) is 12.1 Å². The first-order valence-corrected chi connectivity index (χ1v) is 3.30. The van der Waals surface area contributed by atoms with Crippen molar-refractivity contribution in [2.24, 2.45) is 0 Å². The third kappa shape index (κ3) is 0.970. The van der Waals surface area contributed by atoms with Crippen molar-refractivity contribution in [2.75, 3.05) is 20.1 Å². The van der Waals surface area contributed by atoms with Crippen LogP contribution in [-0.4, -0.2) is 37.1 Å². The summed E-state index contributed by atoms with van der Waals surface area (Å²) in [6.45, 7) is 2.49. The van der Waals surface area contributed by atoms with Gasteiger partial charge in [0.15, 0.2) is 0 Å². The molecule has 2 heterocycles. The zero-order valence-electron chi connectivity index (χ0n) is 5.22. The molecule has 2 unspecified atom stereocenters. The van der Waals surface area contributed by atoms with E-state index in [1.807, 2.05) is 0 Å². The average Bonchev–Trinajstić information content (AvgIpc) is 2.23. The summed E-state index contributed by atoms with van der Waals surface area (Å²) in [5, 5.41) is 3.44. The molecule has 2 bridgehead atoms. The zero-order chi connectivity index (χ0) is 5.56. The van der Waals surface area contributed by atoms with Gasteiger partial charge in [-0.1, -0.05) is 7.43 Å². The lowest BCUT2D eigenvalue weighted by Crippen LogP contribution is -2.41. The SMILES string of the molecule is C.CN1CC2CC1CN2. The van der Waals surface area contributed by atoms with Crippen molar-refractivity contribution in [3.63, 3.8) is 0 Å². The molecular weight excluding hydrogens is 112 g/mol. The van der Waals surface area contributed by atoms with Gasteiger partial charge in [0.2, 0.25) is 0 Å². The predicted molar refractivity (Wildman–Crippen MR) is 39.6 cm³/mol. The van der Waals surface area contributed by atoms with Gasteiger partial charge in [-0.15, -0.1) is 0 Å². The van der Waals surface area contributed by atoms with Crippen LogP contribution in [0.3, 0.4) is 0 Å². The minimum atomic E-state index is 0. The largest absolute Gasteiger partial charge is 0.311 e. The fourth-order valence-corrected chi connectivity index (χ4v) is 1.77. The number of rotatable bonds is 0. The minimum Gasteiger partial charge on any atom is -0.311 e. The quantitative estimate of drug-likeness (QED) is 0.504. The van der Waals surface area contributed by atoms with E-state index in [9.17, 15) is 0 Å². The van der Waals surface area contributed by atoms with Crippen LogP contribution in [0.15, 0.2) is 0 Å². The molecule has 0 aliphatic carbocycles. The summed E-state index contributed by atoms with van der Waals surface area (Å²) in [7, 11) is 2.21. The Morgan fingerprint density at radius 3 is 2.56 bits per heavy atom. The van der Waals surface area contributed by atoms with Crippen LogP contribution in [-0.2, 0) is 0 Å². The van der Waals surface area contributed by atoms with Crippen LogP contribution in [0.5, 0.6) is 0 Å². The van der Waals surface area contributed by atoms with Crippen molar-refractivity contribution in [1.82, 2.24) is 10.2 Å². The average molecular weight is 128 g/mol. The second-order valence-electron chi connectivity index (χ2n) is 2.93. The number of piperazine rings is 1. The van der Waals surface area contributed by atoms with Gasteiger partial charge in [0.1, 0.15) is 0 Å². The van der Waals surface area contributed by atoms with Gasteiger partial charge < -0.3 is 10.2 Å². The lowest BCUT2D eigenvalue weighted by atomic mass is 10.2. The molecule has 1 N–H and O–H groups in total. The smallest absolute Gasteiger partial charge is 0.0233 e. The molecule has 2 nitrogen and oxygen atoms in total. The molecule has 2 rings (SSSR count). The first-order chi connectivity index (χ1) is 3.86. The summed E-state index contributed by atoms with van der Waals surface area (Å²) in [6.07, 6.45) is 1.39. The maximum Gasteiger partial charge on any atom is 0.0233 e. The fourth-order valence-electron chi connectivity index (χ4n) is 1.77. The van der Waals surface area contributed by atoms with Crippen LogP contribution in [0, 0.1) is 0 Å². The monoisotopic (exact) mass is 128 g/mol. The molecule has 0 aromatic heterocycles. The van der Waals surface area contributed by atoms with Crippen molar-refractivity contribution in [3.05, 3.63) is 0 Å². The molecule has 54 valence electrons. The Kier molecular flexibility index (Phi) is 1.78. The Morgan fingerprint density at radius 1 is 1.56 bits per heavy atom. The van der Waals surface area contributed by atoms with Crippen molar-refractivity contribution in [1.29, 1.82) is 0 Å². The van der Waals surface area contributed by atoms with E-state index in [0.29, 0.717) is 0 Å². The Balaban J connectivity index is 0.000000405. The normalized spacial score (nSPS) is 41.0. The molecule has 0 spiro atoms. The lowest BCUT2D eigenvalue weighted by Gasteiger charge is -2.21. The van der Waals surface area contributed by atoms with Crippen LogP contribution >= 0.6 is 0 Å². The van der Waals surface area contributed by atoms with Crippen LogP contribution in [0.2, 0.25) is 0 Å². The van der Waals surface area contributed by atoms with Crippen LogP contribution in [0.1, 0.15) is 13.8 Å². The molecule has 0 aromatic rings. The minimum absolute atomic E-state index is 0. The fraction of sp³-hybridized carbons (Fsp3) is 1.00. The van der Waals surface area contributed by atoms with E-state index in [1.54, 1.807) is 0 Å². The van der Waals surface area contributed by atoms with E-state index < -0.39 is 0 Å². The van der Waals surface area contributed by atoms with E-state index in [4.69, 9.17) is 0 Å². The summed E-state index contributed by atoms with van der Waals surface area (Å²) in [4.78, 5) is 2.45. The highest BCUT2D eigenvalue weighted by Crippen LogP contribution is 2.20. The van der Waals surface area contributed by atoms with Crippen molar-refractivity contribution < 1.29 is 0 Å². The molecule has 2 atom stereocenters. The Labute approximate surface area is 57.2 Å². The third-order valence-corrected chi connectivity index (χ3v) is 2.33. The highest BCUT2D eigenvalue weighted by Gasteiger charge is 2.34. The van der Waals surface area contributed by atoms with Gasteiger partial charge >= 0.3 is 0 Å². The summed E-state index contributed by atoms with van der Waals surface area (Å²) in [5.41, 5.74) is 0. The van der Waals surface area contributed by atoms with Gasteiger partial charge in [0, 0.05) is 25.2 Å². The molecule has 2 fully saturated rings. The van der Waals surface area contributed by atoms with E-state index >= 15 is 0 Å². The Hall–Kier alpha value is -0.0800. The lowest BCUT2D eigenvalue weighted by molar-refractivity contribution is 0.276. The maximum atomic E-state index is 3.44. The third-order valence-electron chi connectivity index (χ3n) is 2.33. The number of nitrogens with zero attached hydrogens (tertiary/aromatic N) is 1. The van der Waals surface area contributed by atoms with Gasteiger partial charge in [-0.05, 0) is 13.5 Å². The molecule has 9 heavy (non-hydrogen) atoms. The molecule has 2 aliphatic rings. The maximum absolute atomic E-state index is 3.44. The second-order valence-corrected chi connectivity index (χ2v) is 2.93. The van der Waals surface area contributed by atoms with E-state index in [2.05, 4.69) is 17.3 Å². The van der Waals surface area contributed by atoms with Gasteiger partial charge in [-0.2, -0.15) is 0 Å². The first kappa shape index (κ1) is 7.03. The van der Waals surface area contributed by atoms with Crippen LogP contribution in [0.25, 0.3) is 0 Å². The number of likely N-dealkylation sites (tertiary alicyclic amines) is 1. The van der Waals surface area contributed by atoms with Crippen molar-refractivity contribution in [2.45, 2.75) is 25.9 Å². The van der Waals surface area contributed by atoms with Gasteiger partial charge in [-0.25, -0.2) is 0 Å². The number of hydrogen-bond acceptors (Lipinski definition) is 2. The van der Waals surface area contributed by atoms with Gasteiger partial charge in [0.25, 0.3) is 0 Å². The summed E-state index contributed by atoms with van der Waals surface area (Å²) < 4.78 is 0. The summed E-state index contributed by atoms with van der Waals surface area (Å²) in [6, 6.07) is 1.69. The van der Waals surface area contributed by atoms with Gasteiger partial charge in [0.05, 0.1) is 0 Å². The first-order valence-electron chi connectivity index (χ1n) is 3.30. The number of likely N-dealkylation sites (N-methyl/N-ethyl adjacent to an activating group) is 1. The standard InChI is InChI=1S/C6H12N2.CH4/c1-8-4-5-2-6(8)3-7-5;/h5-7H,2-4H2,1H3;1H4. The Morgan fingerprint density at radius 2 is 2.33 bits per heavy atom. The molecule has 0 radical (unpaired) electrons. The molecule has 2 aliphatic heterocycles. The number of fused-ring (bicyclic) bond motifs is 2. The number of hydrogen-bond donors (Lipinski definition) is 1. The molecular formula is C7H16N2. The van der Waals surface area contributed by atoms with E-state index in [-0.39, 0.29) is 7.43 Å². The van der Waals surface area contributed by atoms with Gasteiger partial charge in [-0.3, -0.25) is 0 Å². The predicted octanol–water partition coefficient (Wildman–Crippen LogP) is 0.298. The highest BCUT2D eigenvalue weighted by molar-refractivity contribution is 4.95. The molecule has 0 saturated carbocycles. The highest BCUT2D eigenvalue weighted by atomic mass is 15.3. The molecule has 0 amide bonds. The summed E-state index contributed by atoms with van der Waals surface area (Å²) in [5.74, 6) is 0. The van der Waals surface area contributed by atoms with E-state index in [1.165, 1.54) is 19.5 Å². The molecule has 0 aromatic carbocycles. The van der Waals surface area contributed by atoms with Crippen LogP contribution < -0.4 is 5.32 Å². The van der Waals surface area contributed by atoms with Crippen LogP contribution in [0.4, 0.5) is 0 Å². The topological polar surface area (TPSA) is 15.3 Å². The molecule has 2 heteroatoms. The summed E-state index contributed by atoms with van der Waals surface area (Å²) >= 11 is 0. The van der Waals surface area contributed by atoms with Crippen molar-refractivity contribution in [3.8, 4) is 0 Å². The second kappa shape index (κ2) is 2.27. The van der Waals surface area contributed by atoms with Crippen molar-refractivity contribution >= 4 is 0 Å². The number of nitrogens with one attached hydrogen (secondary N) is 1. The Bertz CT molecular complexity index is 101. The zero-order valence-corrected chi connectivity index (χ0v) is 5.22.